The van der Waals surface area contributed by atoms with Gasteiger partial charge in [0.15, 0.2) is 0 Å². The van der Waals surface area contributed by atoms with Gasteiger partial charge in [0.2, 0.25) is 0 Å². The highest BCUT2D eigenvalue weighted by Crippen LogP contribution is 2.20. The van der Waals surface area contributed by atoms with Crippen molar-refractivity contribution in [2.75, 3.05) is 10.6 Å². The Morgan fingerprint density at radius 1 is 0.815 bits per heavy atom. The van der Waals surface area contributed by atoms with Crippen LogP contribution in [0.4, 0.5) is 11.4 Å². The third-order valence-corrected chi connectivity index (χ3v) is 4.25. The molecule has 136 valence electrons. The number of aryl methyl sites for hydroxylation is 3. The van der Waals surface area contributed by atoms with E-state index in [1.165, 1.54) is 12.3 Å². The van der Waals surface area contributed by atoms with Gasteiger partial charge in [-0.05, 0) is 61.7 Å². The van der Waals surface area contributed by atoms with Crippen LogP contribution in [-0.4, -0.2) is 16.8 Å². The fourth-order valence-electron chi connectivity index (χ4n) is 2.81. The molecular weight excluding hydrogens is 338 g/mol. The maximum Gasteiger partial charge on any atom is 0.274 e. The van der Waals surface area contributed by atoms with Crippen LogP contribution in [0.3, 0.4) is 0 Å². The van der Waals surface area contributed by atoms with Crippen LogP contribution in [0.5, 0.6) is 0 Å². The minimum Gasteiger partial charge on any atom is -0.322 e. The van der Waals surface area contributed by atoms with Crippen LogP contribution in [0.2, 0.25) is 0 Å². The van der Waals surface area contributed by atoms with Crippen LogP contribution in [0.1, 0.15) is 37.5 Å². The molecule has 0 saturated carbocycles. The van der Waals surface area contributed by atoms with Crippen molar-refractivity contribution in [1.29, 1.82) is 0 Å². The first-order valence-corrected chi connectivity index (χ1v) is 8.65. The highest BCUT2D eigenvalue weighted by molar-refractivity contribution is 6.08. The Hall–Kier alpha value is -3.47. The van der Waals surface area contributed by atoms with Crippen LogP contribution >= 0.6 is 0 Å². The zero-order valence-corrected chi connectivity index (χ0v) is 15.5. The number of hydrogen-bond donors (Lipinski definition) is 2. The Kier molecular flexibility index (Phi) is 5.31. The lowest BCUT2D eigenvalue weighted by Crippen LogP contribution is -2.17. The highest BCUT2D eigenvalue weighted by Gasteiger charge is 2.14. The van der Waals surface area contributed by atoms with Crippen LogP contribution in [0, 0.1) is 20.8 Å². The third-order valence-electron chi connectivity index (χ3n) is 4.25. The molecule has 3 rings (SSSR count). The summed E-state index contributed by atoms with van der Waals surface area (Å²) >= 11 is 0. The summed E-state index contributed by atoms with van der Waals surface area (Å²) in [6.07, 6.45) is 1.46. The quantitative estimate of drug-likeness (QED) is 0.720. The Morgan fingerprint density at radius 3 is 2.22 bits per heavy atom. The number of hydrogen-bond acceptors (Lipinski definition) is 3. The van der Waals surface area contributed by atoms with Gasteiger partial charge in [0.25, 0.3) is 11.8 Å². The fraction of sp³-hybridized carbons (Fsp3) is 0.136. The summed E-state index contributed by atoms with van der Waals surface area (Å²) in [5.41, 5.74) is 5.02. The summed E-state index contributed by atoms with van der Waals surface area (Å²) in [4.78, 5) is 29.2. The summed E-state index contributed by atoms with van der Waals surface area (Å²) < 4.78 is 0. The molecule has 0 atom stereocenters. The average molecular weight is 359 g/mol. The number of rotatable bonds is 4. The number of carbonyl (C=O) groups is 2. The number of pyridine rings is 1. The molecule has 0 bridgehead atoms. The number of carbonyl (C=O) groups excluding carboxylic acids is 2. The van der Waals surface area contributed by atoms with Crippen molar-refractivity contribution in [2.45, 2.75) is 20.8 Å². The zero-order valence-electron chi connectivity index (χ0n) is 15.5. The van der Waals surface area contributed by atoms with Crippen molar-refractivity contribution < 1.29 is 9.59 Å². The van der Waals surface area contributed by atoms with Gasteiger partial charge >= 0.3 is 0 Å². The van der Waals surface area contributed by atoms with Gasteiger partial charge in [-0.15, -0.1) is 0 Å². The molecule has 0 aliphatic heterocycles. The number of nitrogens with one attached hydrogen (secondary N) is 2. The largest absolute Gasteiger partial charge is 0.322 e. The van der Waals surface area contributed by atoms with Gasteiger partial charge in [0, 0.05) is 23.1 Å². The first-order chi connectivity index (χ1) is 12.9. The number of anilines is 2. The molecule has 1 heterocycles. The highest BCUT2D eigenvalue weighted by atomic mass is 16.2. The molecule has 0 unspecified atom stereocenters. The van der Waals surface area contributed by atoms with E-state index < -0.39 is 0 Å². The lowest BCUT2D eigenvalue weighted by Gasteiger charge is -2.11. The van der Waals surface area contributed by atoms with Crippen molar-refractivity contribution in [3.05, 3.63) is 88.7 Å². The maximum atomic E-state index is 12.6. The second kappa shape index (κ2) is 7.83. The first-order valence-electron chi connectivity index (χ1n) is 8.65. The van der Waals surface area contributed by atoms with E-state index in [4.69, 9.17) is 0 Å². The van der Waals surface area contributed by atoms with E-state index in [2.05, 4.69) is 15.6 Å². The predicted octanol–water partition coefficient (Wildman–Crippen LogP) is 4.51. The molecule has 0 spiro atoms. The summed E-state index contributed by atoms with van der Waals surface area (Å²) in [7, 11) is 0. The summed E-state index contributed by atoms with van der Waals surface area (Å²) in [6.45, 7) is 5.82. The van der Waals surface area contributed by atoms with E-state index in [0.29, 0.717) is 11.3 Å². The molecule has 27 heavy (non-hydrogen) atoms. The van der Waals surface area contributed by atoms with Crippen LogP contribution in [0.25, 0.3) is 0 Å². The van der Waals surface area contributed by atoms with E-state index in [1.807, 2.05) is 63.2 Å². The molecule has 1 aromatic heterocycles. The summed E-state index contributed by atoms with van der Waals surface area (Å²) in [6, 6.07) is 16.4. The first kappa shape index (κ1) is 18.3. The molecule has 2 N–H and O–H groups in total. The Bertz CT molecular complexity index is 992. The van der Waals surface area contributed by atoms with E-state index >= 15 is 0 Å². The summed E-state index contributed by atoms with van der Waals surface area (Å²) in [5, 5.41) is 5.72. The molecule has 3 aromatic rings. The lowest BCUT2D eigenvalue weighted by atomic mass is 10.1. The van der Waals surface area contributed by atoms with Crippen molar-refractivity contribution in [1.82, 2.24) is 4.98 Å². The van der Waals surface area contributed by atoms with Crippen molar-refractivity contribution in [2.24, 2.45) is 0 Å². The predicted molar refractivity (Wildman–Crippen MR) is 107 cm³/mol. The van der Waals surface area contributed by atoms with Gasteiger partial charge < -0.3 is 10.6 Å². The van der Waals surface area contributed by atoms with Crippen LogP contribution < -0.4 is 10.6 Å². The number of benzene rings is 2. The minimum absolute atomic E-state index is 0.189. The van der Waals surface area contributed by atoms with Crippen LogP contribution in [0.15, 0.2) is 60.8 Å². The van der Waals surface area contributed by atoms with Gasteiger partial charge in [0.1, 0.15) is 5.69 Å². The number of aromatic nitrogens is 1. The Morgan fingerprint density at radius 2 is 1.52 bits per heavy atom. The van der Waals surface area contributed by atoms with E-state index in [-0.39, 0.29) is 17.5 Å². The van der Waals surface area contributed by atoms with Gasteiger partial charge in [-0.2, -0.15) is 0 Å². The smallest absolute Gasteiger partial charge is 0.274 e. The fourth-order valence-corrected chi connectivity index (χ4v) is 2.81. The van der Waals surface area contributed by atoms with Gasteiger partial charge in [-0.1, -0.05) is 30.3 Å². The molecule has 2 amide bonds. The normalized spacial score (nSPS) is 10.3. The van der Waals surface area contributed by atoms with Crippen molar-refractivity contribution >= 4 is 23.2 Å². The number of amides is 2. The topological polar surface area (TPSA) is 71.1 Å². The van der Waals surface area contributed by atoms with Gasteiger partial charge in [-0.25, -0.2) is 0 Å². The molecule has 5 nitrogen and oxygen atoms in total. The summed E-state index contributed by atoms with van der Waals surface area (Å²) in [5.74, 6) is -0.637. The maximum absolute atomic E-state index is 12.6. The number of nitrogens with zero attached hydrogens (tertiary/aromatic N) is 1. The van der Waals surface area contributed by atoms with Gasteiger partial charge in [0.05, 0.1) is 0 Å². The zero-order chi connectivity index (χ0) is 19.4. The molecular formula is C22H21N3O2. The standard InChI is InChI=1S/C22H21N3O2/c1-14-6-4-9-18(12-14)24-21(26)17-10-11-23-19(13-17)22(27)25-20-15(2)7-5-8-16(20)3/h4-13H,1-3H3,(H,24,26)(H,25,27). The van der Waals surface area contributed by atoms with E-state index in [1.54, 1.807) is 6.07 Å². The molecule has 5 heteroatoms. The van der Waals surface area contributed by atoms with Gasteiger partial charge in [-0.3, -0.25) is 14.6 Å². The number of para-hydroxylation sites is 1. The molecule has 0 aliphatic carbocycles. The Labute approximate surface area is 158 Å². The van der Waals surface area contributed by atoms with Crippen LogP contribution in [-0.2, 0) is 0 Å². The van der Waals surface area contributed by atoms with E-state index in [9.17, 15) is 9.59 Å². The second-order valence-electron chi connectivity index (χ2n) is 6.47. The molecule has 2 aromatic carbocycles. The SMILES string of the molecule is Cc1cccc(NC(=O)c2ccnc(C(=O)Nc3c(C)cccc3C)c2)c1. The van der Waals surface area contributed by atoms with Crippen molar-refractivity contribution in [3.63, 3.8) is 0 Å². The Balaban J connectivity index is 1.78. The second-order valence-corrected chi connectivity index (χ2v) is 6.47. The minimum atomic E-state index is -0.349. The average Bonchev–Trinajstić information content (AvgIpc) is 2.65. The third kappa shape index (κ3) is 4.39. The molecule has 0 radical (unpaired) electrons. The van der Waals surface area contributed by atoms with E-state index in [0.717, 1.165) is 22.4 Å². The monoisotopic (exact) mass is 359 g/mol. The van der Waals surface area contributed by atoms with Crippen molar-refractivity contribution in [3.8, 4) is 0 Å². The lowest BCUT2D eigenvalue weighted by molar-refractivity contribution is 0.102. The molecule has 0 saturated heterocycles. The molecule has 0 fully saturated rings. The molecule has 0 aliphatic rings.